The highest BCUT2D eigenvalue weighted by atomic mass is 16.6. The smallest absolute Gasteiger partial charge is 0.410 e. The van der Waals surface area contributed by atoms with Gasteiger partial charge in [-0.2, -0.15) is 0 Å². The second kappa shape index (κ2) is 7.92. The molecule has 0 aliphatic carbocycles. The number of hydrogen-bond acceptors (Lipinski definition) is 6. The monoisotopic (exact) mass is 394 g/mol. The van der Waals surface area contributed by atoms with Gasteiger partial charge in [0.25, 0.3) is 0 Å². The van der Waals surface area contributed by atoms with Crippen LogP contribution in [0, 0.1) is 11.8 Å². The van der Waals surface area contributed by atoms with Crippen LogP contribution in [0.3, 0.4) is 0 Å². The number of methoxy groups -OCH3 is 1. The second-order valence-corrected chi connectivity index (χ2v) is 7.48. The van der Waals surface area contributed by atoms with Crippen LogP contribution in [-0.2, 0) is 19.1 Å². The molecule has 154 valence electrons. The van der Waals surface area contributed by atoms with E-state index in [0.717, 1.165) is 0 Å². The van der Waals surface area contributed by atoms with Crippen LogP contribution in [0.1, 0.15) is 19.8 Å². The molecule has 3 aliphatic heterocycles. The van der Waals surface area contributed by atoms with E-state index in [2.05, 4.69) is 6.58 Å². The number of β-lactam (4-membered cyclic amide) rings is 1. The van der Waals surface area contributed by atoms with E-state index in [9.17, 15) is 24.6 Å². The van der Waals surface area contributed by atoms with Gasteiger partial charge in [-0.3, -0.25) is 4.79 Å². The summed E-state index contributed by atoms with van der Waals surface area (Å²) in [6.45, 7) is 5.75. The molecule has 9 heteroatoms. The van der Waals surface area contributed by atoms with E-state index >= 15 is 0 Å². The van der Waals surface area contributed by atoms with Gasteiger partial charge in [0.05, 0.1) is 30.7 Å². The van der Waals surface area contributed by atoms with Crippen LogP contribution >= 0.6 is 0 Å². The molecule has 3 rings (SSSR count). The minimum Gasteiger partial charge on any atom is -0.477 e. The lowest BCUT2D eigenvalue weighted by Gasteiger charge is -2.44. The van der Waals surface area contributed by atoms with Crippen molar-refractivity contribution in [1.82, 2.24) is 9.80 Å². The maximum Gasteiger partial charge on any atom is 0.410 e. The van der Waals surface area contributed by atoms with Crippen LogP contribution in [-0.4, -0.2) is 83.0 Å². The number of hydrogen-bond donors (Lipinski definition) is 2. The average molecular weight is 394 g/mol. The molecule has 2 amide bonds. The molecule has 0 aromatic carbocycles. The summed E-state index contributed by atoms with van der Waals surface area (Å²) in [7, 11) is 1.54. The Morgan fingerprint density at radius 3 is 2.71 bits per heavy atom. The number of aliphatic hydroxyl groups excluding tert-OH is 1. The molecular weight excluding hydrogens is 368 g/mol. The molecule has 0 saturated carbocycles. The second-order valence-electron chi connectivity index (χ2n) is 7.48. The van der Waals surface area contributed by atoms with E-state index in [0.29, 0.717) is 31.6 Å². The lowest BCUT2D eigenvalue weighted by atomic mass is 9.81. The summed E-state index contributed by atoms with van der Waals surface area (Å²) in [4.78, 5) is 39.5. The van der Waals surface area contributed by atoms with Crippen LogP contribution in [0.4, 0.5) is 4.79 Å². The number of carbonyl (C=O) groups excluding carboxylic acids is 2. The lowest BCUT2D eigenvalue weighted by Crippen LogP contribution is -2.61. The number of nitrogens with zero attached hydrogens (tertiary/aromatic N) is 2. The van der Waals surface area contributed by atoms with E-state index in [4.69, 9.17) is 9.47 Å². The average Bonchev–Trinajstić information content (AvgIpc) is 3.19. The molecule has 0 radical (unpaired) electrons. The van der Waals surface area contributed by atoms with Crippen molar-refractivity contribution in [2.75, 3.05) is 26.9 Å². The molecule has 0 spiro atoms. The molecule has 2 N–H and O–H groups in total. The lowest BCUT2D eigenvalue weighted by molar-refractivity contribution is -0.161. The Bertz CT molecular complexity index is 717. The number of likely N-dealkylation sites (tertiary alicyclic amines) is 1. The Kier molecular flexibility index (Phi) is 5.76. The van der Waals surface area contributed by atoms with E-state index in [-0.39, 0.29) is 36.2 Å². The van der Waals surface area contributed by atoms with Crippen molar-refractivity contribution in [3.05, 3.63) is 23.9 Å². The first kappa shape index (κ1) is 20.3. The Hall–Kier alpha value is -2.39. The third-order valence-corrected chi connectivity index (χ3v) is 5.79. The normalized spacial score (nSPS) is 30.2. The highest BCUT2D eigenvalue weighted by molar-refractivity contribution is 5.99. The van der Waals surface area contributed by atoms with Gasteiger partial charge in [-0.25, -0.2) is 9.59 Å². The highest BCUT2D eigenvalue weighted by Gasteiger charge is 2.58. The van der Waals surface area contributed by atoms with Crippen molar-refractivity contribution in [2.24, 2.45) is 11.8 Å². The summed E-state index contributed by atoms with van der Waals surface area (Å²) in [6.07, 6.45) is 1.06. The molecule has 5 atom stereocenters. The fraction of sp³-hybridized carbons (Fsp3) is 0.632. The molecular formula is C19H26N2O7. The third kappa shape index (κ3) is 3.29. The van der Waals surface area contributed by atoms with E-state index in [1.54, 1.807) is 11.8 Å². The zero-order chi connectivity index (χ0) is 20.6. The van der Waals surface area contributed by atoms with Crippen molar-refractivity contribution in [3.8, 4) is 0 Å². The zero-order valence-corrected chi connectivity index (χ0v) is 16.0. The van der Waals surface area contributed by atoms with Crippen LogP contribution in [0.5, 0.6) is 0 Å². The summed E-state index contributed by atoms with van der Waals surface area (Å²) < 4.78 is 10.4. The van der Waals surface area contributed by atoms with Gasteiger partial charge in [-0.05, 0) is 25.3 Å². The Morgan fingerprint density at radius 1 is 1.43 bits per heavy atom. The molecule has 2 saturated heterocycles. The topological polar surface area (TPSA) is 117 Å². The SMILES string of the molecule is C=CCOC(=O)N1CC(C2=C(C(=O)O)N3C(=O)[C@H]([C@@H](C)O)[C@H]3C2)C[C@H]1COC. The van der Waals surface area contributed by atoms with Gasteiger partial charge in [0.1, 0.15) is 12.3 Å². The molecule has 3 aliphatic rings. The van der Waals surface area contributed by atoms with Gasteiger partial charge in [0.2, 0.25) is 5.91 Å². The first-order valence-electron chi connectivity index (χ1n) is 9.32. The number of fused-ring (bicyclic) bond motifs is 1. The van der Waals surface area contributed by atoms with Crippen LogP contribution in [0.25, 0.3) is 0 Å². The van der Waals surface area contributed by atoms with Gasteiger partial charge in [-0.15, -0.1) is 0 Å². The molecule has 0 aromatic heterocycles. The van der Waals surface area contributed by atoms with Gasteiger partial charge in [0, 0.05) is 19.6 Å². The molecule has 1 unspecified atom stereocenters. The predicted molar refractivity (Wildman–Crippen MR) is 97.1 cm³/mol. The number of carboxylic acids is 1. The summed E-state index contributed by atoms with van der Waals surface area (Å²) in [5, 5.41) is 19.6. The number of ether oxygens (including phenoxy) is 2. The van der Waals surface area contributed by atoms with Gasteiger partial charge in [-0.1, -0.05) is 12.7 Å². The van der Waals surface area contributed by atoms with Crippen molar-refractivity contribution >= 4 is 18.0 Å². The highest BCUT2D eigenvalue weighted by Crippen LogP contribution is 2.47. The zero-order valence-electron chi connectivity index (χ0n) is 16.0. The summed E-state index contributed by atoms with van der Waals surface area (Å²) in [5.41, 5.74) is 0.642. The number of amides is 2. The quantitative estimate of drug-likeness (QED) is 0.480. The summed E-state index contributed by atoms with van der Waals surface area (Å²) in [6, 6.07) is -0.581. The van der Waals surface area contributed by atoms with Crippen LogP contribution < -0.4 is 0 Å². The van der Waals surface area contributed by atoms with Crippen molar-refractivity contribution in [1.29, 1.82) is 0 Å². The van der Waals surface area contributed by atoms with Crippen LogP contribution in [0.2, 0.25) is 0 Å². The van der Waals surface area contributed by atoms with Gasteiger partial charge < -0.3 is 29.5 Å². The Morgan fingerprint density at radius 2 is 2.14 bits per heavy atom. The maximum absolute atomic E-state index is 12.4. The van der Waals surface area contributed by atoms with Gasteiger partial charge in [0.15, 0.2) is 0 Å². The van der Waals surface area contributed by atoms with E-state index in [1.165, 1.54) is 18.1 Å². The Balaban J connectivity index is 1.84. The van der Waals surface area contributed by atoms with Gasteiger partial charge >= 0.3 is 12.1 Å². The number of carboxylic acid groups (broad SMARTS) is 1. The number of aliphatic hydroxyl groups is 1. The predicted octanol–water partition coefficient (Wildman–Crippen LogP) is 0.596. The molecule has 0 aromatic rings. The number of carbonyl (C=O) groups is 3. The van der Waals surface area contributed by atoms with E-state index in [1.807, 2.05) is 0 Å². The number of rotatable bonds is 7. The van der Waals surface area contributed by atoms with Crippen molar-refractivity contribution in [3.63, 3.8) is 0 Å². The molecule has 0 bridgehead atoms. The molecule has 9 nitrogen and oxygen atoms in total. The molecule has 3 heterocycles. The molecule has 2 fully saturated rings. The minimum atomic E-state index is -1.16. The van der Waals surface area contributed by atoms with E-state index < -0.39 is 24.1 Å². The van der Waals surface area contributed by atoms with Crippen molar-refractivity contribution < 1.29 is 34.1 Å². The molecule has 28 heavy (non-hydrogen) atoms. The third-order valence-electron chi connectivity index (χ3n) is 5.79. The van der Waals surface area contributed by atoms with Crippen molar-refractivity contribution in [2.45, 2.75) is 38.0 Å². The first-order chi connectivity index (χ1) is 13.3. The standard InChI is InChI=1S/C19H26N2O7/c1-4-5-28-19(26)20-8-11(6-12(20)9-27-3)13-7-14-15(10(2)22)17(23)21(14)16(13)18(24)25/h4,10-12,14-15,22H,1,5-9H2,2-3H3,(H,24,25)/t10-,11?,12+,14-,15-/m1/s1. The summed E-state index contributed by atoms with van der Waals surface area (Å²) >= 11 is 0. The fourth-order valence-corrected chi connectivity index (χ4v) is 4.62. The largest absolute Gasteiger partial charge is 0.477 e. The first-order valence-corrected chi connectivity index (χ1v) is 9.32. The minimum absolute atomic E-state index is 0.00521. The number of aliphatic carboxylic acids is 1. The maximum atomic E-state index is 12.4. The fourth-order valence-electron chi connectivity index (χ4n) is 4.62. The Labute approximate surface area is 163 Å². The van der Waals surface area contributed by atoms with Crippen LogP contribution in [0.15, 0.2) is 23.9 Å². The summed E-state index contributed by atoms with van der Waals surface area (Å²) in [5.74, 6) is -2.32.